The zero-order valence-corrected chi connectivity index (χ0v) is 18.1. The van der Waals surface area contributed by atoms with Gasteiger partial charge in [0, 0.05) is 0 Å². The van der Waals surface area contributed by atoms with Crippen LogP contribution in [0.4, 0.5) is 0 Å². The maximum absolute atomic E-state index is 10.6. The van der Waals surface area contributed by atoms with Crippen molar-refractivity contribution in [1.82, 2.24) is 0 Å². The van der Waals surface area contributed by atoms with Crippen LogP contribution in [0.1, 0.15) is 0 Å². The van der Waals surface area contributed by atoms with E-state index < -0.39 is 30.0 Å². The van der Waals surface area contributed by atoms with Gasteiger partial charge in [-0.05, 0) is 23.5 Å². The predicted octanol–water partition coefficient (Wildman–Crippen LogP) is -7.00. The third kappa shape index (κ3) is 6.83. The van der Waals surface area contributed by atoms with E-state index in [-0.39, 0.29) is 108 Å². The molecular weight excluding hydrogens is 341 g/mol. The molecule has 1 aromatic rings. The Hall–Kier alpha value is 2.74. The van der Waals surface area contributed by atoms with Crippen LogP contribution in [0.3, 0.4) is 0 Å². The molecule has 1 atom stereocenters. The molecule has 1 unspecified atom stereocenters. The molecule has 0 fully saturated rings. The summed E-state index contributed by atoms with van der Waals surface area (Å²) in [6.45, 7) is 0. The van der Waals surface area contributed by atoms with Crippen molar-refractivity contribution in [3.63, 3.8) is 0 Å². The van der Waals surface area contributed by atoms with E-state index in [1.807, 2.05) is 9.24 Å². The predicted molar refractivity (Wildman–Crippen MR) is 51.7 cm³/mol. The van der Waals surface area contributed by atoms with E-state index in [1.54, 1.807) is 0 Å². The number of hydrogen-bond acceptors (Lipinski definition) is 6. The minimum absolute atomic E-state index is 0. The second kappa shape index (κ2) is 8.25. The normalized spacial score (nSPS) is 11.2. The Morgan fingerprint density at radius 3 is 1.71 bits per heavy atom. The smallest absolute Gasteiger partial charge is 0.744 e. The van der Waals surface area contributed by atoms with Gasteiger partial charge in [0.1, 0.15) is 20.2 Å². The molecule has 0 saturated carbocycles. The molecule has 0 amide bonds. The zero-order valence-electron chi connectivity index (χ0n) is 9.08. The van der Waals surface area contributed by atoms with Crippen molar-refractivity contribution >= 4 is 34.8 Å². The van der Waals surface area contributed by atoms with Gasteiger partial charge >= 0.3 is 103 Å². The molecule has 0 heterocycles. The molecule has 0 saturated heterocycles. The maximum atomic E-state index is 10.6. The second-order valence-corrected chi connectivity index (χ2v) is 5.96. The van der Waals surface area contributed by atoms with Gasteiger partial charge in [-0.15, -0.1) is 9.24 Å². The van der Waals surface area contributed by atoms with Crippen LogP contribution in [0.5, 0.6) is 0 Å². The van der Waals surface area contributed by atoms with E-state index in [4.69, 9.17) is 0 Å². The molecule has 0 N–H and O–H groups in total. The van der Waals surface area contributed by atoms with Crippen LogP contribution in [0.25, 0.3) is 0 Å². The Bertz CT molecular complexity index is 597. The van der Waals surface area contributed by atoms with Crippen LogP contribution in [0.2, 0.25) is 0 Å². The summed E-state index contributed by atoms with van der Waals surface area (Å²) in [5.74, 6) is 0. The van der Waals surface area contributed by atoms with Gasteiger partial charge in [0.05, 0.1) is 9.79 Å². The third-order valence-corrected chi connectivity index (χ3v) is 3.97. The quantitative estimate of drug-likeness (QED) is 0.299. The van der Waals surface area contributed by atoms with E-state index >= 15 is 0 Å². The van der Waals surface area contributed by atoms with Gasteiger partial charge < -0.3 is 9.11 Å². The Kier molecular flexibility index (Phi) is 10.7. The largest absolute Gasteiger partial charge is 1.00 e. The van der Waals surface area contributed by atoms with Crippen LogP contribution >= 0.6 is 9.24 Å². The van der Waals surface area contributed by atoms with Crippen LogP contribution in [-0.4, -0.2) is 25.9 Å². The fraction of sp³-hybridized carbons (Fsp3) is 0. The first-order valence-corrected chi connectivity index (χ1v) is 6.83. The van der Waals surface area contributed by atoms with E-state index in [2.05, 4.69) is 0 Å². The van der Waals surface area contributed by atoms with Gasteiger partial charge in [0.2, 0.25) is 0 Å². The molecule has 6 nitrogen and oxygen atoms in total. The Balaban J connectivity index is 0. The topological polar surface area (TPSA) is 114 Å². The van der Waals surface area contributed by atoms with Crippen LogP contribution in [0, 0.1) is 0 Å². The summed E-state index contributed by atoms with van der Waals surface area (Å²) < 4.78 is 63.5. The van der Waals surface area contributed by atoms with Crippen molar-refractivity contribution in [2.75, 3.05) is 0 Å². The average molecular weight is 346 g/mol. The first-order chi connectivity index (χ1) is 6.62. The number of rotatable bonds is 2. The molecule has 0 radical (unpaired) electrons. The summed E-state index contributed by atoms with van der Waals surface area (Å²) in [6, 6.07) is 2.38. The molecule has 0 aliphatic rings. The zero-order chi connectivity index (χ0) is 11.9. The monoisotopic (exact) mass is 346 g/mol. The van der Waals surface area contributed by atoms with Crippen molar-refractivity contribution < 1.29 is 129 Å². The van der Waals surface area contributed by atoms with Crippen LogP contribution < -0.4 is 108 Å². The summed E-state index contributed by atoms with van der Waals surface area (Å²) in [6.07, 6.45) is 0. The van der Waals surface area contributed by atoms with Gasteiger partial charge in [-0.1, -0.05) is 0 Å². The minimum Gasteiger partial charge on any atom is -0.744 e. The van der Waals surface area contributed by atoms with E-state index in [0.717, 1.165) is 18.2 Å². The summed E-state index contributed by atoms with van der Waals surface area (Å²) in [4.78, 5) is -1.15. The standard InChI is InChI=1S/C6H7O6PS2.2K/c7-14(8,9)4-1-2-6(5(13)3-4)15(10,11)12;;/h1-3H,13H2,(H,7,8,9)(H,10,11,12);;/q;2*+1/p-2. The van der Waals surface area contributed by atoms with Gasteiger partial charge in [-0.2, -0.15) is 0 Å². The molecule has 0 aliphatic heterocycles. The molecule has 0 spiro atoms. The summed E-state index contributed by atoms with van der Waals surface area (Å²) in [5.41, 5.74) is 0. The third-order valence-electron chi connectivity index (χ3n) is 1.54. The maximum Gasteiger partial charge on any atom is 1.00 e. The Morgan fingerprint density at radius 1 is 0.941 bits per heavy atom. The average Bonchev–Trinajstić information content (AvgIpc) is 1.99. The van der Waals surface area contributed by atoms with Crippen LogP contribution in [0.15, 0.2) is 28.0 Å². The summed E-state index contributed by atoms with van der Waals surface area (Å²) in [7, 11) is -7.43. The van der Waals surface area contributed by atoms with Gasteiger partial charge in [0.25, 0.3) is 0 Å². The Morgan fingerprint density at radius 2 is 1.41 bits per heavy atom. The SMILES string of the molecule is O=S(=O)([O-])c1ccc(S(=O)(=O)[O-])c(P)c1.[K+].[K+]. The van der Waals surface area contributed by atoms with Gasteiger partial charge in [-0.3, -0.25) is 0 Å². The molecule has 1 aromatic carbocycles. The molecule has 0 bridgehead atoms. The van der Waals surface area contributed by atoms with Crippen molar-refractivity contribution in [2.24, 2.45) is 0 Å². The molecule has 11 heteroatoms. The number of hydrogen-bond donors (Lipinski definition) is 0. The van der Waals surface area contributed by atoms with Gasteiger partial charge in [-0.25, -0.2) is 16.8 Å². The van der Waals surface area contributed by atoms with E-state index in [1.165, 1.54) is 0 Å². The molecular formula is C6H5K2O6PS2. The molecule has 1 rings (SSSR count). The van der Waals surface area contributed by atoms with Crippen molar-refractivity contribution in [3.8, 4) is 0 Å². The molecule has 0 aliphatic carbocycles. The first-order valence-electron chi connectivity index (χ1n) is 3.43. The van der Waals surface area contributed by atoms with E-state index in [9.17, 15) is 25.9 Å². The second-order valence-electron chi connectivity index (χ2n) is 2.61. The van der Waals surface area contributed by atoms with Crippen molar-refractivity contribution in [1.29, 1.82) is 0 Å². The Labute approximate surface area is 187 Å². The summed E-state index contributed by atoms with van der Waals surface area (Å²) >= 11 is 0. The number of benzene rings is 1. The fourth-order valence-corrected chi connectivity index (χ4v) is 2.83. The van der Waals surface area contributed by atoms with Gasteiger partial charge in [0.15, 0.2) is 0 Å². The minimum atomic E-state index is -4.66. The van der Waals surface area contributed by atoms with Crippen LogP contribution in [-0.2, 0) is 20.2 Å². The van der Waals surface area contributed by atoms with Crippen molar-refractivity contribution in [3.05, 3.63) is 18.2 Å². The van der Waals surface area contributed by atoms with Crippen molar-refractivity contribution in [2.45, 2.75) is 9.79 Å². The fourth-order valence-electron chi connectivity index (χ4n) is 0.910. The molecule has 0 aromatic heterocycles. The first kappa shape index (κ1) is 22.0. The molecule has 17 heavy (non-hydrogen) atoms. The summed E-state index contributed by atoms with van der Waals surface area (Å²) in [5, 5.41) is -0.151. The molecule has 84 valence electrons. The van der Waals surface area contributed by atoms with E-state index in [0.29, 0.717) is 0 Å².